The van der Waals surface area contributed by atoms with Crippen molar-refractivity contribution in [1.82, 2.24) is 30.3 Å². The van der Waals surface area contributed by atoms with E-state index in [0.717, 1.165) is 31.4 Å². The van der Waals surface area contributed by atoms with Gasteiger partial charge in [-0.3, -0.25) is 9.58 Å². The minimum atomic E-state index is 0. The van der Waals surface area contributed by atoms with Crippen LogP contribution in [0.2, 0.25) is 0 Å². The molecule has 0 aromatic carbocycles. The van der Waals surface area contributed by atoms with Gasteiger partial charge < -0.3 is 10.6 Å². The Bertz CT molecular complexity index is 500. The Balaban J connectivity index is 0.00000264. The minimum absolute atomic E-state index is 0. The SMILES string of the molecule is CCNC(=NCc1ncnn1C)NC1CN(C(C)C)CC1C.I. The van der Waals surface area contributed by atoms with Gasteiger partial charge in [0.05, 0.1) is 0 Å². The van der Waals surface area contributed by atoms with Crippen LogP contribution in [0, 0.1) is 5.92 Å². The number of nitrogens with one attached hydrogen (secondary N) is 2. The van der Waals surface area contributed by atoms with Gasteiger partial charge in [0.2, 0.25) is 0 Å². The van der Waals surface area contributed by atoms with Crippen molar-refractivity contribution >= 4 is 29.9 Å². The largest absolute Gasteiger partial charge is 0.357 e. The van der Waals surface area contributed by atoms with Gasteiger partial charge in [-0.15, -0.1) is 24.0 Å². The summed E-state index contributed by atoms with van der Waals surface area (Å²) in [6.45, 7) is 12.5. The van der Waals surface area contributed by atoms with Crippen molar-refractivity contribution in [3.63, 3.8) is 0 Å². The van der Waals surface area contributed by atoms with E-state index in [1.165, 1.54) is 0 Å². The van der Waals surface area contributed by atoms with Crippen LogP contribution in [0.15, 0.2) is 11.3 Å². The number of aliphatic imine (C=N–C) groups is 1. The summed E-state index contributed by atoms with van der Waals surface area (Å²) in [5.74, 6) is 2.33. The monoisotopic (exact) mass is 435 g/mol. The maximum atomic E-state index is 4.64. The van der Waals surface area contributed by atoms with Crippen LogP contribution in [0.1, 0.15) is 33.5 Å². The molecule has 1 fully saturated rings. The molecular weight excluding hydrogens is 405 g/mol. The van der Waals surface area contributed by atoms with Crippen molar-refractivity contribution in [1.29, 1.82) is 0 Å². The molecule has 132 valence electrons. The molecule has 2 N–H and O–H groups in total. The lowest BCUT2D eigenvalue weighted by molar-refractivity contribution is 0.265. The number of hydrogen-bond acceptors (Lipinski definition) is 4. The van der Waals surface area contributed by atoms with Gasteiger partial charge in [-0.2, -0.15) is 5.10 Å². The van der Waals surface area contributed by atoms with Crippen molar-refractivity contribution in [2.45, 2.75) is 46.3 Å². The van der Waals surface area contributed by atoms with Crippen LogP contribution in [0.25, 0.3) is 0 Å². The van der Waals surface area contributed by atoms with Crippen LogP contribution < -0.4 is 10.6 Å². The van der Waals surface area contributed by atoms with Crippen molar-refractivity contribution in [3.05, 3.63) is 12.2 Å². The highest BCUT2D eigenvalue weighted by atomic mass is 127. The number of rotatable bonds is 5. The number of nitrogens with zero attached hydrogens (tertiary/aromatic N) is 5. The Labute approximate surface area is 156 Å². The van der Waals surface area contributed by atoms with Crippen molar-refractivity contribution in [2.75, 3.05) is 19.6 Å². The van der Waals surface area contributed by atoms with E-state index >= 15 is 0 Å². The lowest BCUT2D eigenvalue weighted by Gasteiger charge is -2.21. The molecular formula is C15H30IN7. The molecule has 0 spiro atoms. The number of aryl methyl sites for hydroxylation is 1. The number of likely N-dealkylation sites (tertiary alicyclic amines) is 1. The minimum Gasteiger partial charge on any atom is -0.357 e. The first kappa shape index (κ1) is 20.1. The van der Waals surface area contributed by atoms with E-state index in [0.29, 0.717) is 24.5 Å². The maximum Gasteiger partial charge on any atom is 0.191 e. The maximum absolute atomic E-state index is 4.64. The van der Waals surface area contributed by atoms with E-state index in [2.05, 4.69) is 58.3 Å². The normalized spacial score (nSPS) is 22.3. The van der Waals surface area contributed by atoms with E-state index in [-0.39, 0.29) is 24.0 Å². The molecule has 2 heterocycles. The van der Waals surface area contributed by atoms with Gasteiger partial charge in [-0.05, 0) is 26.7 Å². The fourth-order valence-electron chi connectivity index (χ4n) is 2.72. The van der Waals surface area contributed by atoms with Gasteiger partial charge in [0.15, 0.2) is 5.96 Å². The molecule has 2 unspecified atom stereocenters. The second-order valence-corrected chi connectivity index (χ2v) is 6.27. The standard InChI is InChI=1S/C15H29N7.HI/c1-6-16-15(17-7-14-18-10-19-21(14)5)20-13-9-22(11(2)3)8-12(13)4;/h10-13H,6-9H2,1-5H3,(H2,16,17,20);1H. The van der Waals surface area contributed by atoms with Crippen LogP contribution in [-0.4, -0.2) is 57.3 Å². The topological polar surface area (TPSA) is 70.4 Å². The molecule has 2 atom stereocenters. The number of guanidine groups is 1. The summed E-state index contributed by atoms with van der Waals surface area (Å²) in [4.78, 5) is 11.4. The summed E-state index contributed by atoms with van der Waals surface area (Å²) in [6, 6.07) is 1.02. The lowest BCUT2D eigenvalue weighted by atomic mass is 10.1. The third-order valence-electron chi connectivity index (χ3n) is 4.22. The van der Waals surface area contributed by atoms with E-state index in [4.69, 9.17) is 0 Å². The smallest absolute Gasteiger partial charge is 0.191 e. The van der Waals surface area contributed by atoms with Crippen molar-refractivity contribution in [2.24, 2.45) is 18.0 Å². The molecule has 7 nitrogen and oxygen atoms in total. The molecule has 1 aromatic rings. The molecule has 0 saturated carbocycles. The zero-order chi connectivity index (χ0) is 16.1. The highest BCUT2D eigenvalue weighted by molar-refractivity contribution is 14.0. The molecule has 1 aromatic heterocycles. The summed E-state index contributed by atoms with van der Waals surface area (Å²) < 4.78 is 1.76. The summed E-state index contributed by atoms with van der Waals surface area (Å²) >= 11 is 0. The highest BCUT2D eigenvalue weighted by Gasteiger charge is 2.31. The van der Waals surface area contributed by atoms with Gasteiger partial charge in [-0.1, -0.05) is 6.92 Å². The number of aromatic nitrogens is 3. The second kappa shape index (κ2) is 9.41. The summed E-state index contributed by atoms with van der Waals surface area (Å²) in [7, 11) is 1.89. The summed E-state index contributed by atoms with van der Waals surface area (Å²) in [6.07, 6.45) is 1.56. The Morgan fingerprint density at radius 2 is 2.17 bits per heavy atom. The molecule has 23 heavy (non-hydrogen) atoms. The predicted octanol–water partition coefficient (Wildman–Crippen LogP) is 1.22. The Morgan fingerprint density at radius 3 is 2.70 bits per heavy atom. The zero-order valence-electron chi connectivity index (χ0n) is 14.8. The molecule has 8 heteroatoms. The first-order valence-corrected chi connectivity index (χ1v) is 8.13. The molecule has 0 amide bonds. The fraction of sp³-hybridized carbons (Fsp3) is 0.800. The lowest BCUT2D eigenvalue weighted by Crippen LogP contribution is -2.46. The second-order valence-electron chi connectivity index (χ2n) is 6.27. The van der Waals surface area contributed by atoms with Gasteiger partial charge in [-0.25, -0.2) is 9.98 Å². The first-order valence-electron chi connectivity index (χ1n) is 8.13. The van der Waals surface area contributed by atoms with Gasteiger partial charge in [0.1, 0.15) is 18.7 Å². The van der Waals surface area contributed by atoms with Gasteiger partial charge in [0, 0.05) is 38.8 Å². The molecule has 0 aliphatic carbocycles. The molecule has 0 bridgehead atoms. The average Bonchev–Trinajstić information content (AvgIpc) is 3.03. The third-order valence-corrected chi connectivity index (χ3v) is 4.22. The van der Waals surface area contributed by atoms with E-state index in [1.807, 2.05) is 7.05 Å². The van der Waals surface area contributed by atoms with Crippen LogP contribution in [0.5, 0.6) is 0 Å². The quantitative estimate of drug-likeness (QED) is 0.414. The number of halogens is 1. The average molecular weight is 435 g/mol. The van der Waals surface area contributed by atoms with Gasteiger partial charge >= 0.3 is 0 Å². The van der Waals surface area contributed by atoms with E-state index in [9.17, 15) is 0 Å². The third kappa shape index (κ3) is 5.59. The molecule has 2 rings (SSSR count). The Morgan fingerprint density at radius 1 is 1.43 bits per heavy atom. The molecule has 1 saturated heterocycles. The van der Waals surface area contributed by atoms with Gasteiger partial charge in [0.25, 0.3) is 0 Å². The van der Waals surface area contributed by atoms with Crippen LogP contribution >= 0.6 is 24.0 Å². The predicted molar refractivity (Wildman–Crippen MR) is 104 cm³/mol. The zero-order valence-corrected chi connectivity index (χ0v) is 17.1. The van der Waals surface area contributed by atoms with E-state index in [1.54, 1.807) is 11.0 Å². The number of hydrogen-bond donors (Lipinski definition) is 2. The van der Waals surface area contributed by atoms with Crippen LogP contribution in [-0.2, 0) is 13.6 Å². The Kier molecular flexibility index (Phi) is 8.24. The Hall–Kier alpha value is -0.900. The fourth-order valence-corrected chi connectivity index (χ4v) is 2.72. The van der Waals surface area contributed by atoms with Crippen LogP contribution in [0.3, 0.4) is 0 Å². The van der Waals surface area contributed by atoms with Crippen molar-refractivity contribution in [3.8, 4) is 0 Å². The first-order chi connectivity index (χ1) is 10.5. The van der Waals surface area contributed by atoms with Crippen molar-refractivity contribution < 1.29 is 0 Å². The van der Waals surface area contributed by atoms with E-state index < -0.39 is 0 Å². The molecule has 1 aliphatic rings. The van der Waals surface area contributed by atoms with Crippen LogP contribution in [0.4, 0.5) is 0 Å². The summed E-state index contributed by atoms with van der Waals surface area (Å²) in [5, 5.41) is 11.0. The molecule has 0 radical (unpaired) electrons. The highest BCUT2D eigenvalue weighted by Crippen LogP contribution is 2.18. The molecule has 1 aliphatic heterocycles. The summed E-state index contributed by atoms with van der Waals surface area (Å²) in [5.41, 5.74) is 0.